The van der Waals surface area contributed by atoms with Crippen molar-refractivity contribution in [2.24, 2.45) is 5.41 Å². The summed E-state index contributed by atoms with van der Waals surface area (Å²) in [6.45, 7) is 8.26. The highest BCUT2D eigenvalue weighted by Crippen LogP contribution is 2.21. The second kappa shape index (κ2) is 3.95. The Kier molecular flexibility index (Phi) is 3.10. The predicted octanol–water partition coefficient (Wildman–Crippen LogP) is 3.61. The van der Waals surface area contributed by atoms with Crippen molar-refractivity contribution in [3.05, 3.63) is 35.4 Å². The van der Waals surface area contributed by atoms with Crippen LogP contribution in [-0.4, -0.2) is 5.78 Å². The van der Waals surface area contributed by atoms with Crippen LogP contribution in [0.4, 0.5) is 0 Å². The molecule has 0 N–H and O–H groups in total. The van der Waals surface area contributed by atoms with Gasteiger partial charge in [0, 0.05) is 12.0 Å². The van der Waals surface area contributed by atoms with E-state index >= 15 is 0 Å². The van der Waals surface area contributed by atoms with Gasteiger partial charge in [-0.2, -0.15) is 0 Å². The van der Waals surface area contributed by atoms with E-state index in [-0.39, 0.29) is 11.2 Å². The molecule has 0 aliphatic rings. The van der Waals surface area contributed by atoms with E-state index in [1.54, 1.807) is 0 Å². The van der Waals surface area contributed by atoms with Crippen LogP contribution in [0.1, 0.15) is 43.1 Å². The summed E-state index contributed by atoms with van der Waals surface area (Å²) in [5.41, 5.74) is 2.05. The number of hydrogen-bond donors (Lipinski definition) is 0. The van der Waals surface area contributed by atoms with Crippen molar-refractivity contribution < 1.29 is 4.79 Å². The van der Waals surface area contributed by atoms with E-state index in [0.717, 1.165) is 11.1 Å². The molecular weight excluding hydrogens is 172 g/mol. The molecule has 1 aromatic rings. The van der Waals surface area contributed by atoms with Gasteiger partial charge in [-0.3, -0.25) is 4.79 Å². The summed E-state index contributed by atoms with van der Waals surface area (Å²) in [5.74, 6) is 0.237. The fraction of sp³-hybridized carbons (Fsp3) is 0.462. The quantitative estimate of drug-likeness (QED) is 0.651. The first kappa shape index (κ1) is 11.0. The molecule has 0 aromatic heterocycles. The third kappa shape index (κ3) is 3.33. The summed E-state index contributed by atoms with van der Waals surface area (Å²) < 4.78 is 0. The zero-order valence-corrected chi connectivity index (χ0v) is 9.42. The molecule has 14 heavy (non-hydrogen) atoms. The maximum Gasteiger partial charge on any atom is 0.163 e. The molecule has 1 heteroatoms. The monoisotopic (exact) mass is 190 g/mol. The Morgan fingerprint density at radius 3 is 2.43 bits per heavy atom. The van der Waals surface area contributed by atoms with Crippen molar-refractivity contribution >= 4 is 5.78 Å². The average Bonchev–Trinajstić information content (AvgIpc) is 2.01. The van der Waals surface area contributed by atoms with Gasteiger partial charge in [-0.25, -0.2) is 0 Å². The largest absolute Gasteiger partial charge is 0.294 e. The molecule has 0 amide bonds. The fourth-order valence-electron chi connectivity index (χ4n) is 1.40. The van der Waals surface area contributed by atoms with Crippen LogP contribution in [-0.2, 0) is 0 Å². The van der Waals surface area contributed by atoms with Crippen LogP contribution in [0.2, 0.25) is 0 Å². The van der Waals surface area contributed by atoms with Crippen molar-refractivity contribution in [2.45, 2.75) is 34.1 Å². The van der Waals surface area contributed by atoms with Crippen LogP contribution in [0.15, 0.2) is 24.3 Å². The van der Waals surface area contributed by atoms with Crippen molar-refractivity contribution in [3.8, 4) is 0 Å². The van der Waals surface area contributed by atoms with Gasteiger partial charge in [0.1, 0.15) is 0 Å². The lowest BCUT2D eigenvalue weighted by molar-refractivity contribution is 0.0940. The first-order valence-electron chi connectivity index (χ1n) is 4.98. The smallest absolute Gasteiger partial charge is 0.163 e. The van der Waals surface area contributed by atoms with Gasteiger partial charge in [0.25, 0.3) is 0 Å². The number of hydrogen-bond acceptors (Lipinski definition) is 1. The molecule has 1 rings (SSSR count). The van der Waals surface area contributed by atoms with Gasteiger partial charge in [-0.05, 0) is 18.4 Å². The van der Waals surface area contributed by atoms with E-state index in [1.165, 1.54) is 0 Å². The molecule has 1 nitrogen and oxygen atoms in total. The maximum atomic E-state index is 11.8. The first-order valence-corrected chi connectivity index (χ1v) is 4.98. The first-order chi connectivity index (χ1) is 6.38. The van der Waals surface area contributed by atoms with E-state index in [9.17, 15) is 4.79 Å². The van der Waals surface area contributed by atoms with Crippen molar-refractivity contribution in [1.82, 2.24) is 0 Å². The average molecular weight is 190 g/mol. The van der Waals surface area contributed by atoms with E-state index in [0.29, 0.717) is 6.42 Å². The van der Waals surface area contributed by atoms with Gasteiger partial charge in [0.2, 0.25) is 0 Å². The summed E-state index contributed by atoms with van der Waals surface area (Å²) in [4.78, 5) is 11.8. The second-order valence-corrected chi connectivity index (χ2v) is 5.03. The normalized spacial score (nSPS) is 11.4. The fourth-order valence-corrected chi connectivity index (χ4v) is 1.40. The van der Waals surface area contributed by atoms with Gasteiger partial charge in [0.15, 0.2) is 5.78 Å². The van der Waals surface area contributed by atoms with Gasteiger partial charge in [0.05, 0.1) is 0 Å². The standard InChI is InChI=1S/C13H18O/c1-10-6-5-7-11(8-10)12(14)9-13(2,3)4/h5-8H,9H2,1-4H3. The Morgan fingerprint density at radius 1 is 1.29 bits per heavy atom. The Labute approximate surface area is 86.1 Å². The Morgan fingerprint density at radius 2 is 1.93 bits per heavy atom. The Hall–Kier alpha value is -1.11. The van der Waals surface area contributed by atoms with Crippen LogP contribution < -0.4 is 0 Å². The highest BCUT2D eigenvalue weighted by Gasteiger charge is 2.16. The van der Waals surface area contributed by atoms with Crippen LogP contribution in [0.5, 0.6) is 0 Å². The summed E-state index contributed by atoms with van der Waals surface area (Å²) in [6, 6.07) is 7.79. The zero-order chi connectivity index (χ0) is 10.8. The van der Waals surface area contributed by atoms with Crippen molar-refractivity contribution in [1.29, 1.82) is 0 Å². The third-order valence-electron chi connectivity index (χ3n) is 2.03. The van der Waals surface area contributed by atoms with Gasteiger partial charge < -0.3 is 0 Å². The molecule has 0 unspecified atom stereocenters. The number of carbonyl (C=O) groups is 1. The number of benzene rings is 1. The molecule has 0 spiro atoms. The van der Waals surface area contributed by atoms with Crippen LogP contribution in [0.25, 0.3) is 0 Å². The summed E-state index contributed by atoms with van der Waals surface area (Å²) >= 11 is 0. The molecule has 0 saturated heterocycles. The van der Waals surface area contributed by atoms with Crippen LogP contribution in [0, 0.1) is 12.3 Å². The minimum Gasteiger partial charge on any atom is -0.294 e. The Balaban J connectivity index is 2.80. The van der Waals surface area contributed by atoms with E-state index < -0.39 is 0 Å². The molecule has 76 valence electrons. The Bertz CT molecular complexity index is 331. The minimum absolute atomic E-state index is 0.0703. The molecule has 0 heterocycles. The van der Waals surface area contributed by atoms with E-state index in [1.807, 2.05) is 31.2 Å². The highest BCUT2D eigenvalue weighted by atomic mass is 16.1. The number of rotatable bonds is 2. The lowest BCUT2D eigenvalue weighted by atomic mass is 9.87. The molecule has 0 aliphatic carbocycles. The second-order valence-electron chi connectivity index (χ2n) is 5.03. The van der Waals surface area contributed by atoms with Gasteiger partial charge in [-0.15, -0.1) is 0 Å². The SMILES string of the molecule is Cc1cccc(C(=O)CC(C)(C)C)c1. The molecule has 0 aliphatic heterocycles. The number of ketones is 1. The van der Waals surface area contributed by atoms with Crippen molar-refractivity contribution in [2.75, 3.05) is 0 Å². The lowest BCUT2D eigenvalue weighted by Gasteiger charge is -2.16. The van der Waals surface area contributed by atoms with E-state index in [2.05, 4.69) is 20.8 Å². The minimum atomic E-state index is 0.0703. The summed E-state index contributed by atoms with van der Waals surface area (Å²) in [7, 11) is 0. The topological polar surface area (TPSA) is 17.1 Å². The molecule has 0 bridgehead atoms. The van der Waals surface area contributed by atoms with E-state index in [4.69, 9.17) is 0 Å². The van der Waals surface area contributed by atoms with Gasteiger partial charge in [-0.1, -0.05) is 44.5 Å². The summed E-state index contributed by atoms with van der Waals surface area (Å²) in [6.07, 6.45) is 0.608. The third-order valence-corrected chi connectivity index (χ3v) is 2.03. The molecule has 0 radical (unpaired) electrons. The molecule has 0 saturated carbocycles. The molecule has 0 atom stereocenters. The zero-order valence-electron chi connectivity index (χ0n) is 9.42. The maximum absolute atomic E-state index is 11.8. The number of aryl methyl sites for hydroxylation is 1. The number of carbonyl (C=O) groups excluding carboxylic acids is 1. The van der Waals surface area contributed by atoms with Crippen LogP contribution in [0.3, 0.4) is 0 Å². The molecular formula is C13H18O. The van der Waals surface area contributed by atoms with Crippen LogP contribution >= 0.6 is 0 Å². The lowest BCUT2D eigenvalue weighted by Crippen LogP contribution is -2.13. The van der Waals surface area contributed by atoms with Crippen molar-refractivity contribution in [3.63, 3.8) is 0 Å². The summed E-state index contributed by atoms with van der Waals surface area (Å²) in [5, 5.41) is 0. The van der Waals surface area contributed by atoms with Gasteiger partial charge >= 0.3 is 0 Å². The number of Topliss-reactive ketones (excluding diaryl/α,β-unsaturated/α-hetero) is 1. The highest BCUT2D eigenvalue weighted by molar-refractivity contribution is 5.96. The molecule has 1 aromatic carbocycles. The predicted molar refractivity (Wildman–Crippen MR) is 59.6 cm³/mol. The molecule has 0 fully saturated rings.